The molecule has 1 heterocycles. The van der Waals surface area contributed by atoms with Gasteiger partial charge in [0.15, 0.2) is 11.0 Å². The zero-order chi connectivity index (χ0) is 17.3. The fourth-order valence-electron chi connectivity index (χ4n) is 2.91. The number of carbonyl (C=O) groups excluding carboxylic acids is 2. The Labute approximate surface area is 151 Å². The molecular formula is C18H21ClN2O2S. The lowest BCUT2D eigenvalue weighted by Gasteiger charge is -2.21. The van der Waals surface area contributed by atoms with Gasteiger partial charge >= 0.3 is 0 Å². The number of ketones is 2. The summed E-state index contributed by atoms with van der Waals surface area (Å²) < 4.78 is 0. The number of halogens is 1. The van der Waals surface area contributed by atoms with Crippen LogP contribution in [-0.2, 0) is 11.3 Å². The predicted octanol–water partition coefficient (Wildman–Crippen LogP) is 3.73. The highest BCUT2D eigenvalue weighted by molar-refractivity contribution is 8.14. The van der Waals surface area contributed by atoms with E-state index in [2.05, 4.69) is 9.89 Å². The van der Waals surface area contributed by atoms with Gasteiger partial charge in [-0.25, -0.2) is 0 Å². The molecule has 0 bridgehead atoms. The van der Waals surface area contributed by atoms with Gasteiger partial charge in [-0.05, 0) is 37.0 Å². The summed E-state index contributed by atoms with van der Waals surface area (Å²) >= 11 is 8.28. The topological polar surface area (TPSA) is 49.7 Å². The van der Waals surface area contributed by atoms with Crippen LogP contribution in [0.15, 0.2) is 17.1 Å². The van der Waals surface area contributed by atoms with E-state index in [1.54, 1.807) is 24.9 Å². The van der Waals surface area contributed by atoms with Crippen molar-refractivity contribution in [1.82, 2.24) is 4.90 Å². The van der Waals surface area contributed by atoms with Crippen LogP contribution in [0.4, 0.5) is 0 Å². The standard InChI is InChI=1S/C18H21ClN2O2S/c1-11-3-6-13(16(23)9-15(22)12-4-5-12)17(19)14(11)10-21-7-8-24-18(21)20-2/h3,6,12H,4-5,7-10H2,1-2H3. The molecule has 3 rings (SSSR count). The third kappa shape index (κ3) is 3.67. The van der Waals surface area contributed by atoms with E-state index in [-0.39, 0.29) is 23.9 Å². The van der Waals surface area contributed by atoms with Gasteiger partial charge in [-0.2, -0.15) is 0 Å². The van der Waals surface area contributed by atoms with Crippen molar-refractivity contribution in [2.45, 2.75) is 32.7 Å². The Morgan fingerprint density at radius 1 is 1.38 bits per heavy atom. The predicted molar refractivity (Wildman–Crippen MR) is 99.1 cm³/mol. The number of aryl methyl sites for hydroxylation is 1. The van der Waals surface area contributed by atoms with Crippen LogP contribution >= 0.6 is 23.4 Å². The molecule has 0 spiro atoms. The molecule has 128 valence electrons. The van der Waals surface area contributed by atoms with Gasteiger partial charge in [0.1, 0.15) is 5.78 Å². The van der Waals surface area contributed by atoms with E-state index >= 15 is 0 Å². The monoisotopic (exact) mass is 364 g/mol. The van der Waals surface area contributed by atoms with Crippen LogP contribution in [-0.4, -0.2) is 41.0 Å². The van der Waals surface area contributed by atoms with E-state index in [1.807, 2.05) is 13.0 Å². The molecule has 0 N–H and O–H groups in total. The highest BCUT2D eigenvalue weighted by Gasteiger charge is 2.31. The number of hydrogen-bond acceptors (Lipinski definition) is 4. The summed E-state index contributed by atoms with van der Waals surface area (Å²) in [5.41, 5.74) is 2.47. The summed E-state index contributed by atoms with van der Waals surface area (Å²) in [5, 5.41) is 1.49. The molecular weight excluding hydrogens is 344 g/mol. The zero-order valence-electron chi connectivity index (χ0n) is 14.0. The largest absolute Gasteiger partial charge is 0.346 e. The summed E-state index contributed by atoms with van der Waals surface area (Å²) in [4.78, 5) is 30.9. The smallest absolute Gasteiger partial charge is 0.171 e. The van der Waals surface area contributed by atoms with Crippen molar-refractivity contribution in [3.8, 4) is 0 Å². The molecule has 1 aromatic rings. The number of amidine groups is 1. The molecule has 0 atom stereocenters. The summed E-state index contributed by atoms with van der Waals surface area (Å²) in [5.74, 6) is 0.994. The van der Waals surface area contributed by atoms with Crippen molar-refractivity contribution in [1.29, 1.82) is 0 Å². The van der Waals surface area contributed by atoms with Gasteiger partial charge < -0.3 is 4.90 Å². The highest BCUT2D eigenvalue weighted by Crippen LogP contribution is 2.33. The number of thioether (sulfide) groups is 1. The van der Waals surface area contributed by atoms with Gasteiger partial charge in [0.2, 0.25) is 0 Å². The van der Waals surface area contributed by atoms with Gasteiger partial charge in [-0.3, -0.25) is 14.6 Å². The first-order valence-corrected chi connectivity index (χ1v) is 9.56. The van der Waals surface area contributed by atoms with Gasteiger partial charge in [0, 0.05) is 37.4 Å². The van der Waals surface area contributed by atoms with Gasteiger partial charge in [-0.1, -0.05) is 29.4 Å². The Hall–Kier alpha value is -1.33. The van der Waals surface area contributed by atoms with Crippen LogP contribution < -0.4 is 0 Å². The van der Waals surface area contributed by atoms with E-state index in [1.165, 1.54) is 0 Å². The minimum atomic E-state index is -0.168. The molecule has 1 saturated heterocycles. The molecule has 1 aliphatic heterocycles. The molecule has 2 fully saturated rings. The van der Waals surface area contributed by atoms with Crippen LogP contribution in [0.2, 0.25) is 5.02 Å². The van der Waals surface area contributed by atoms with Gasteiger partial charge in [0.05, 0.1) is 11.4 Å². The van der Waals surface area contributed by atoms with E-state index in [0.29, 0.717) is 17.1 Å². The number of Topliss-reactive ketones (excluding diaryl/α,β-unsaturated/α-hetero) is 2. The second kappa shape index (κ2) is 7.28. The Morgan fingerprint density at radius 2 is 2.12 bits per heavy atom. The van der Waals surface area contributed by atoms with E-state index < -0.39 is 0 Å². The number of aliphatic imine (C=N–C) groups is 1. The maximum absolute atomic E-state index is 12.5. The SMILES string of the molecule is CN=C1SCCN1Cc1c(C)ccc(C(=O)CC(=O)C2CC2)c1Cl. The molecule has 4 nitrogen and oxygen atoms in total. The van der Waals surface area contributed by atoms with E-state index in [4.69, 9.17) is 11.6 Å². The maximum Gasteiger partial charge on any atom is 0.171 e. The minimum absolute atomic E-state index is 0.0336. The van der Waals surface area contributed by atoms with E-state index in [0.717, 1.165) is 41.4 Å². The average molecular weight is 365 g/mol. The molecule has 0 amide bonds. The molecule has 24 heavy (non-hydrogen) atoms. The number of carbonyl (C=O) groups is 2. The van der Waals surface area contributed by atoms with Crippen LogP contribution in [0, 0.1) is 12.8 Å². The third-order valence-electron chi connectivity index (χ3n) is 4.55. The summed E-state index contributed by atoms with van der Waals surface area (Å²) in [6.07, 6.45) is 1.81. The Morgan fingerprint density at radius 3 is 2.79 bits per heavy atom. The molecule has 0 radical (unpaired) electrons. The number of rotatable bonds is 6. The Balaban J connectivity index is 1.81. The van der Waals surface area contributed by atoms with Crippen molar-refractivity contribution in [3.05, 3.63) is 33.8 Å². The first-order valence-electron chi connectivity index (χ1n) is 8.19. The first-order chi connectivity index (χ1) is 11.5. The second-order valence-corrected chi connectivity index (χ2v) is 7.78. The molecule has 1 aromatic carbocycles. The first kappa shape index (κ1) is 17.5. The van der Waals surface area contributed by atoms with Crippen molar-refractivity contribution in [2.75, 3.05) is 19.3 Å². The molecule has 0 aromatic heterocycles. The fraction of sp³-hybridized carbons (Fsp3) is 0.500. The third-order valence-corrected chi connectivity index (χ3v) is 6.07. The average Bonchev–Trinajstić information content (AvgIpc) is 3.31. The number of benzene rings is 1. The van der Waals surface area contributed by atoms with Gasteiger partial charge in [-0.15, -0.1) is 0 Å². The quantitative estimate of drug-likeness (QED) is 0.570. The van der Waals surface area contributed by atoms with Gasteiger partial charge in [0.25, 0.3) is 0 Å². The number of hydrogen-bond donors (Lipinski definition) is 0. The molecule has 6 heteroatoms. The van der Waals surface area contributed by atoms with Crippen molar-refractivity contribution >= 4 is 40.1 Å². The van der Waals surface area contributed by atoms with Crippen molar-refractivity contribution < 1.29 is 9.59 Å². The highest BCUT2D eigenvalue weighted by atomic mass is 35.5. The zero-order valence-corrected chi connectivity index (χ0v) is 15.5. The van der Waals surface area contributed by atoms with Crippen LogP contribution in [0.1, 0.15) is 40.7 Å². The second-order valence-electron chi connectivity index (χ2n) is 6.34. The number of nitrogens with zero attached hydrogens (tertiary/aromatic N) is 2. The van der Waals surface area contributed by atoms with Crippen LogP contribution in [0.3, 0.4) is 0 Å². The lowest BCUT2D eigenvalue weighted by molar-refractivity contribution is -0.119. The minimum Gasteiger partial charge on any atom is -0.346 e. The normalized spacial score (nSPS) is 19.1. The van der Waals surface area contributed by atoms with E-state index in [9.17, 15) is 9.59 Å². The van der Waals surface area contributed by atoms with Crippen LogP contribution in [0.25, 0.3) is 0 Å². The lowest BCUT2D eigenvalue weighted by atomic mass is 9.98. The lowest BCUT2D eigenvalue weighted by Crippen LogP contribution is -2.24. The molecule has 0 unspecified atom stereocenters. The molecule has 1 aliphatic carbocycles. The maximum atomic E-state index is 12.5. The summed E-state index contributed by atoms with van der Waals surface area (Å²) in [7, 11) is 1.79. The Bertz CT molecular complexity index is 713. The molecule has 1 saturated carbocycles. The van der Waals surface area contributed by atoms with Crippen LogP contribution in [0.5, 0.6) is 0 Å². The van der Waals surface area contributed by atoms with Crippen molar-refractivity contribution in [2.24, 2.45) is 10.9 Å². The Kier molecular flexibility index (Phi) is 5.30. The fourth-order valence-corrected chi connectivity index (χ4v) is 4.25. The summed E-state index contributed by atoms with van der Waals surface area (Å²) in [6, 6.07) is 3.67. The molecule has 2 aliphatic rings. The van der Waals surface area contributed by atoms with Crippen molar-refractivity contribution in [3.63, 3.8) is 0 Å². The summed E-state index contributed by atoms with van der Waals surface area (Å²) in [6.45, 7) is 3.56.